The summed E-state index contributed by atoms with van der Waals surface area (Å²) in [7, 11) is 4.01. The molecular formula is C24H29ClN4O4. The number of aromatic nitrogens is 2. The Morgan fingerprint density at radius 1 is 1.24 bits per heavy atom. The molecule has 2 N–H and O–H groups in total. The molecule has 0 spiro atoms. The Morgan fingerprint density at radius 3 is 2.61 bits per heavy atom. The van der Waals surface area contributed by atoms with E-state index in [2.05, 4.69) is 19.8 Å². The minimum absolute atomic E-state index is 0.0347. The second kappa shape index (κ2) is 9.69. The highest BCUT2D eigenvalue weighted by molar-refractivity contribution is 6.31. The number of carbonyl (C=O) groups excluding carboxylic acids is 1. The molecule has 9 heteroatoms. The summed E-state index contributed by atoms with van der Waals surface area (Å²) in [5, 5.41) is 4.02. The third kappa shape index (κ3) is 4.84. The Bertz CT molecular complexity index is 1230. The van der Waals surface area contributed by atoms with Crippen LogP contribution in [0.1, 0.15) is 27.3 Å². The zero-order valence-corrected chi connectivity index (χ0v) is 20.0. The minimum Gasteiger partial charge on any atom is -0.349 e. The van der Waals surface area contributed by atoms with Gasteiger partial charge in [-0.2, -0.15) is 0 Å². The lowest BCUT2D eigenvalue weighted by Gasteiger charge is -2.33. The first-order chi connectivity index (χ1) is 15.8. The number of fused-ring (bicyclic) bond motifs is 1. The highest BCUT2D eigenvalue weighted by Gasteiger charge is 2.27. The van der Waals surface area contributed by atoms with Crippen LogP contribution in [0.3, 0.4) is 0 Å². The predicted molar refractivity (Wildman–Crippen MR) is 128 cm³/mol. The molecule has 0 aliphatic carbocycles. The number of nitrogens with zero attached hydrogens (tertiary/aromatic N) is 2. The lowest BCUT2D eigenvalue weighted by molar-refractivity contribution is -0.206. The second-order valence-electron chi connectivity index (χ2n) is 8.59. The summed E-state index contributed by atoms with van der Waals surface area (Å²) in [5.74, 6) is -0.267. The van der Waals surface area contributed by atoms with E-state index < -0.39 is 6.29 Å². The van der Waals surface area contributed by atoms with Crippen molar-refractivity contribution >= 4 is 28.4 Å². The molecule has 33 heavy (non-hydrogen) atoms. The quantitative estimate of drug-likeness (QED) is 0.576. The maximum absolute atomic E-state index is 13.2. The first kappa shape index (κ1) is 23.5. The van der Waals surface area contributed by atoms with Crippen molar-refractivity contribution in [3.63, 3.8) is 0 Å². The minimum atomic E-state index is -0.392. The maximum Gasteiger partial charge on any atom is 0.254 e. The van der Waals surface area contributed by atoms with Crippen molar-refractivity contribution in [1.29, 1.82) is 0 Å². The molecule has 2 aromatic heterocycles. The molecule has 4 rings (SSSR count). The van der Waals surface area contributed by atoms with Crippen molar-refractivity contribution in [1.82, 2.24) is 19.8 Å². The highest BCUT2D eigenvalue weighted by Crippen LogP contribution is 2.27. The molecule has 8 nitrogen and oxygen atoms in total. The fourth-order valence-corrected chi connectivity index (χ4v) is 4.45. The molecule has 0 radical (unpaired) electrons. The molecule has 0 saturated carbocycles. The van der Waals surface area contributed by atoms with E-state index in [9.17, 15) is 9.59 Å². The lowest BCUT2D eigenvalue weighted by Crippen LogP contribution is -2.45. The molecule has 0 atom stereocenters. The number of hydrogen-bond acceptors (Lipinski definition) is 5. The van der Waals surface area contributed by atoms with Gasteiger partial charge in [0.2, 0.25) is 0 Å². The number of carbonyl (C=O) groups is 1. The van der Waals surface area contributed by atoms with Crippen LogP contribution in [-0.2, 0) is 22.6 Å². The van der Waals surface area contributed by atoms with E-state index in [1.165, 1.54) is 0 Å². The van der Waals surface area contributed by atoms with Gasteiger partial charge in [-0.05, 0) is 40.1 Å². The van der Waals surface area contributed by atoms with Crippen molar-refractivity contribution in [3.05, 3.63) is 68.2 Å². The number of aryl methyl sites for hydroxylation is 1. The Morgan fingerprint density at radius 2 is 1.94 bits per heavy atom. The van der Waals surface area contributed by atoms with Gasteiger partial charge in [0.05, 0.1) is 48.5 Å². The average molecular weight is 473 g/mol. The molecule has 0 bridgehead atoms. The van der Waals surface area contributed by atoms with Gasteiger partial charge in [0.15, 0.2) is 6.29 Å². The Hall–Kier alpha value is -2.65. The smallest absolute Gasteiger partial charge is 0.254 e. The van der Waals surface area contributed by atoms with Gasteiger partial charge in [-0.25, -0.2) is 0 Å². The fourth-order valence-electron chi connectivity index (χ4n) is 4.14. The van der Waals surface area contributed by atoms with Crippen LogP contribution in [-0.4, -0.2) is 60.0 Å². The number of halogens is 1. The monoisotopic (exact) mass is 472 g/mol. The summed E-state index contributed by atoms with van der Waals surface area (Å²) in [5.41, 5.74) is 2.99. The van der Waals surface area contributed by atoms with Crippen molar-refractivity contribution in [3.8, 4) is 0 Å². The molecular weight excluding hydrogens is 444 g/mol. The number of ether oxygens (including phenoxy) is 2. The number of likely N-dealkylation sites (N-methyl/N-ethyl adjacent to an activating group) is 1. The number of benzene rings is 1. The number of nitrogens with one attached hydrogen (secondary N) is 2. The van der Waals surface area contributed by atoms with Crippen LogP contribution in [0.2, 0.25) is 5.02 Å². The van der Waals surface area contributed by atoms with Crippen LogP contribution >= 0.6 is 11.6 Å². The zero-order chi connectivity index (χ0) is 23.7. The molecule has 3 aromatic rings. The third-order valence-corrected chi connectivity index (χ3v) is 6.45. The molecule has 3 heterocycles. The Kier molecular flexibility index (Phi) is 6.90. The fraction of sp³-hybridized carbons (Fsp3) is 0.417. The van der Waals surface area contributed by atoms with E-state index in [1.54, 1.807) is 13.0 Å². The van der Waals surface area contributed by atoms with E-state index in [4.69, 9.17) is 21.1 Å². The number of H-pyrrole nitrogens is 1. The molecule has 1 fully saturated rings. The van der Waals surface area contributed by atoms with E-state index in [-0.39, 0.29) is 24.1 Å². The van der Waals surface area contributed by atoms with Gasteiger partial charge in [-0.15, -0.1) is 0 Å². The van der Waals surface area contributed by atoms with Crippen molar-refractivity contribution in [2.45, 2.75) is 39.3 Å². The summed E-state index contributed by atoms with van der Waals surface area (Å²) < 4.78 is 13.9. The number of aromatic amines is 1. The van der Waals surface area contributed by atoms with Crippen LogP contribution in [0.15, 0.2) is 35.1 Å². The van der Waals surface area contributed by atoms with E-state index in [0.29, 0.717) is 41.6 Å². The number of hydrogen-bond donors (Lipinski definition) is 2. The summed E-state index contributed by atoms with van der Waals surface area (Å²) in [4.78, 5) is 30.3. The zero-order valence-electron chi connectivity index (χ0n) is 19.3. The molecule has 1 amide bonds. The molecule has 1 aliphatic rings. The summed E-state index contributed by atoms with van der Waals surface area (Å²) >= 11 is 6.23. The van der Waals surface area contributed by atoms with E-state index in [1.807, 2.05) is 45.3 Å². The van der Waals surface area contributed by atoms with Crippen LogP contribution in [0.4, 0.5) is 0 Å². The van der Waals surface area contributed by atoms with Crippen LogP contribution in [0.25, 0.3) is 10.9 Å². The SMILES string of the molecule is Cc1cc(Cl)c(CNC(=O)c2c(C)n(CC3OCC(N(C)C)CO3)c3ccccc23)c(=O)[nH]1. The van der Waals surface area contributed by atoms with E-state index in [0.717, 1.165) is 16.6 Å². The van der Waals surface area contributed by atoms with Crippen LogP contribution < -0.4 is 10.9 Å². The summed E-state index contributed by atoms with van der Waals surface area (Å²) in [6.45, 7) is 5.36. The second-order valence-corrected chi connectivity index (χ2v) is 9.00. The van der Waals surface area contributed by atoms with Crippen LogP contribution in [0.5, 0.6) is 0 Å². The average Bonchev–Trinajstić information content (AvgIpc) is 3.04. The van der Waals surface area contributed by atoms with Crippen molar-refractivity contribution in [2.24, 2.45) is 0 Å². The van der Waals surface area contributed by atoms with Gasteiger partial charge in [0, 0.05) is 22.3 Å². The maximum atomic E-state index is 13.2. The molecule has 0 unspecified atom stereocenters. The molecule has 1 saturated heterocycles. The van der Waals surface area contributed by atoms with E-state index >= 15 is 0 Å². The number of rotatable bonds is 6. The van der Waals surface area contributed by atoms with Gasteiger partial charge >= 0.3 is 0 Å². The van der Waals surface area contributed by atoms with Gasteiger partial charge in [-0.3, -0.25) is 9.59 Å². The normalized spacial score (nSPS) is 18.7. The summed E-state index contributed by atoms with van der Waals surface area (Å²) in [6.07, 6.45) is -0.392. The van der Waals surface area contributed by atoms with Gasteiger partial charge in [0.25, 0.3) is 11.5 Å². The van der Waals surface area contributed by atoms with Gasteiger partial charge in [-0.1, -0.05) is 29.8 Å². The lowest BCUT2D eigenvalue weighted by atomic mass is 10.1. The van der Waals surface area contributed by atoms with Crippen molar-refractivity contribution < 1.29 is 14.3 Å². The molecule has 1 aromatic carbocycles. The number of pyridine rings is 1. The first-order valence-corrected chi connectivity index (χ1v) is 11.3. The largest absolute Gasteiger partial charge is 0.349 e. The van der Waals surface area contributed by atoms with Crippen LogP contribution in [0, 0.1) is 13.8 Å². The third-order valence-electron chi connectivity index (χ3n) is 6.11. The van der Waals surface area contributed by atoms with Gasteiger partial charge < -0.3 is 29.2 Å². The Labute approximate surface area is 197 Å². The highest BCUT2D eigenvalue weighted by atomic mass is 35.5. The van der Waals surface area contributed by atoms with Gasteiger partial charge in [0.1, 0.15) is 0 Å². The standard InChI is InChI=1S/C24H29ClN4O4/c1-14-9-19(25)18(23(30)27-14)10-26-24(31)22-15(2)29(20-8-6-5-7-17(20)22)11-21-32-12-16(13-33-21)28(3)4/h5-9,16,21H,10-13H2,1-4H3,(H,26,31)(H,27,30). The summed E-state index contributed by atoms with van der Waals surface area (Å²) in [6, 6.07) is 9.64. The topological polar surface area (TPSA) is 88.6 Å². The molecule has 1 aliphatic heterocycles. The predicted octanol–water partition coefficient (Wildman–Crippen LogP) is 2.83. The first-order valence-electron chi connectivity index (χ1n) is 10.9. The number of para-hydroxylation sites is 1. The van der Waals surface area contributed by atoms with Crippen molar-refractivity contribution in [2.75, 3.05) is 27.3 Å². The number of amides is 1. The molecule has 176 valence electrons. The Balaban J connectivity index is 1.57.